The molecule has 0 spiro atoms. The van der Waals surface area contributed by atoms with Crippen molar-refractivity contribution < 1.29 is 0 Å². The molecule has 0 radical (unpaired) electrons. The van der Waals surface area contributed by atoms with Crippen molar-refractivity contribution >= 4 is 5.69 Å². The predicted molar refractivity (Wildman–Crippen MR) is 71.4 cm³/mol. The third-order valence-electron chi connectivity index (χ3n) is 4.03. The Kier molecular flexibility index (Phi) is 3.04. The maximum Gasteiger partial charge on any atom is 0.0370 e. The van der Waals surface area contributed by atoms with Crippen LogP contribution in [0.2, 0.25) is 0 Å². The second kappa shape index (κ2) is 4.67. The molecule has 2 fully saturated rings. The molecule has 3 heteroatoms. The van der Waals surface area contributed by atoms with E-state index in [-0.39, 0.29) is 0 Å². The summed E-state index contributed by atoms with van der Waals surface area (Å²) in [7, 11) is 0. The predicted octanol–water partition coefficient (Wildman–Crippen LogP) is 1.45. The fourth-order valence-corrected chi connectivity index (χ4v) is 3.03. The number of fused-ring (bicyclic) bond motifs is 2. The molecule has 2 bridgehead atoms. The lowest BCUT2D eigenvalue weighted by Gasteiger charge is -2.27. The zero-order valence-corrected chi connectivity index (χ0v) is 10.4. The fourth-order valence-electron chi connectivity index (χ4n) is 3.03. The van der Waals surface area contributed by atoms with E-state index in [2.05, 4.69) is 46.7 Å². The van der Waals surface area contributed by atoms with Gasteiger partial charge in [-0.25, -0.2) is 0 Å². The number of anilines is 1. The summed E-state index contributed by atoms with van der Waals surface area (Å²) in [5.74, 6) is 0. The van der Waals surface area contributed by atoms with Crippen molar-refractivity contribution in [3.8, 4) is 0 Å². The largest absolute Gasteiger partial charge is 0.384 e. The van der Waals surface area contributed by atoms with Crippen LogP contribution in [0.25, 0.3) is 0 Å². The molecule has 2 aliphatic heterocycles. The van der Waals surface area contributed by atoms with Crippen molar-refractivity contribution in [2.24, 2.45) is 0 Å². The summed E-state index contributed by atoms with van der Waals surface area (Å²) in [5.41, 5.74) is 2.60. The molecule has 3 rings (SSSR count). The quantitative estimate of drug-likeness (QED) is 0.821. The van der Waals surface area contributed by atoms with E-state index in [9.17, 15) is 0 Å². The highest BCUT2D eigenvalue weighted by atomic mass is 15.3. The van der Waals surface area contributed by atoms with Crippen molar-refractivity contribution in [1.82, 2.24) is 10.2 Å². The Morgan fingerprint density at radius 2 is 2.29 bits per heavy atom. The first-order valence-corrected chi connectivity index (χ1v) is 6.60. The normalized spacial score (nSPS) is 27.6. The summed E-state index contributed by atoms with van der Waals surface area (Å²) in [6.07, 6.45) is 1.35. The fraction of sp³-hybridized carbons (Fsp3) is 0.571. The Hall–Kier alpha value is -1.06. The van der Waals surface area contributed by atoms with E-state index in [0.29, 0.717) is 0 Å². The van der Waals surface area contributed by atoms with Crippen molar-refractivity contribution in [2.75, 3.05) is 31.5 Å². The van der Waals surface area contributed by atoms with Crippen LogP contribution in [0.5, 0.6) is 0 Å². The molecule has 1 aromatic carbocycles. The lowest BCUT2D eigenvalue weighted by atomic mass is 10.2. The molecule has 2 saturated heterocycles. The topological polar surface area (TPSA) is 27.3 Å². The van der Waals surface area contributed by atoms with Crippen molar-refractivity contribution in [3.63, 3.8) is 0 Å². The van der Waals surface area contributed by atoms with Crippen LogP contribution >= 0.6 is 0 Å². The monoisotopic (exact) mass is 231 g/mol. The number of hydrogen-bond donors (Lipinski definition) is 2. The lowest BCUT2D eigenvalue weighted by molar-refractivity contribution is 0.234. The SMILES string of the molecule is Cc1ccccc1NCCN1CC2CC1CN2. The number of aryl methyl sites for hydroxylation is 1. The Morgan fingerprint density at radius 1 is 1.41 bits per heavy atom. The Balaban J connectivity index is 1.48. The summed E-state index contributed by atoms with van der Waals surface area (Å²) >= 11 is 0. The summed E-state index contributed by atoms with van der Waals surface area (Å²) in [6, 6.07) is 10.1. The first-order chi connectivity index (χ1) is 8.33. The highest BCUT2D eigenvalue weighted by Crippen LogP contribution is 2.22. The van der Waals surface area contributed by atoms with Gasteiger partial charge in [0, 0.05) is 44.0 Å². The Bertz CT molecular complexity index is 391. The smallest absolute Gasteiger partial charge is 0.0370 e. The zero-order valence-electron chi connectivity index (χ0n) is 10.4. The molecule has 1 aromatic rings. The summed E-state index contributed by atoms with van der Waals surface area (Å²) in [4.78, 5) is 2.62. The molecular formula is C14H21N3. The number of likely N-dealkylation sites (tertiary alicyclic amines) is 1. The zero-order chi connectivity index (χ0) is 11.7. The number of hydrogen-bond acceptors (Lipinski definition) is 3. The highest BCUT2D eigenvalue weighted by Gasteiger charge is 2.36. The molecule has 2 heterocycles. The third kappa shape index (κ3) is 2.31. The summed E-state index contributed by atoms with van der Waals surface area (Å²) in [6.45, 7) is 6.80. The van der Waals surface area contributed by atoms with Gasteiger partial charge < -0.3 is 10.6 Å². The van der Waals surface area contributed by atoms with Crippen molar-refractivity contribution in [2.45, 2.75) is 25.4 Å². The summed E-state index contributed by atoms with van der Waals surface area (Å²) in [5, 5.41) is 7.08. The highest BCUT2D eigenvalue weighted by molar-refractivity contribution is 5.50. The second-order valence-corrected chi connectivity index (χ2v) is 5.23. The van der Waals surface area contributed by atoms with E-state index in [1.54, 1.807) is 0 Å². The molecule has 92 valence electrons. The average molecular weight is 231 g/mol. The first kappa shape index (κ1) is 11.1. The standard InChI is InChI=1S/C14H21N3/c1-11-4-2-3-5-14(11)15-6-7-17-10-12-8-13(17)9-16-12/h2-5,12-13,15-16H,6-10H2,1H3. The minimum Gasteiger partial charge on any atom is -0.384 e. The van der Waals surface area contributed by atoms with E-state index in [4.69, 9.17) is 0 Å². The van der Waals surface area contributed by atoms with Crippen LogP contribution in [-0.4, -0.2) is 43.2 Å². The Morgan fingerprint density at radius 3 is 3.00 bits per heavy atom. The van der Waals surface area contributed by atoms with E-state index in [0.717, 1.165) is 25.2 Å². The van der Waals surface area contributed by atoms with Crippen molar-refractivity contribution in [1.29, 1.82) is 0 Å². The van der Waals surface area contributed by atoms with Gasteiger partial charge in [-0.15, -0.1) is 0 Å². The number of piperazine rings is 1. The molecule has 0 saturated carbocycles. The lowest BCUT2D eigenvalue weighted by Crippen LogP contribution is -2.45. The number of nitrogens with one attached hydrogen (secondary N) is 2. The molecule has 0 aliphatic carbocycles. The van der Waals surface area contributed by atoms with E-state index in [1.165, 1.54) is 30.8 Å². The molecule has 2 unspecified atom stereocenters. The van der Waals surface area contributed by atoms with Gasteiger partial charge in [0.05, 0.1) is 0 Å². The van der Waals surface area contributed by atoms with Crippen LogP contribution < -0.4 is 10.6 Å². The van der Waals surface area contributed by atoms with Crippen LogP contribution in [-0.2, 0) is 0 Å². The number of rotatable bonds is 4. The minimum absolute atomic E-state index is 0.762. The van der Waals surface area contributed by atoms with Crippen LogP contribution in [0.3, 0.4) is 0 Å². The first-order valence-electron chi connectivity index (χ1n) is 6.60. The summed E-state index contributed by atoms with van der Waals surface area (Å²) < 4.78 is 0. The van der Waals surface area contributed by atoms with Gasteiger partial charge in [0.15, 0.2) is 0 Å². The van der Waals surface area contributed by atoms with E-state index in [1.807, 2.05) is 0 Å². The van der Waals surface area contributed by atoms with Gasteiger partial charge in [0.2, 0.25) is 0 Å². The molecule has 2 N–H and O–H groups in total. The maximum atomic E-state index is 3.54. The molecule has 2 atom stereocenters. The van der Waals surface area contributed by atoms with Crippen LogP contribution in [0.15, 0.2) is 24.3 Å². The van der Waals surface area contributed by atoms with Crippen LogP contribution in [0, 0.1) is 6.92 Å². The second-order valence-electron chi connectivity index (χ2n) is 5.23. The van der Waals surface area contributed by atoms with Gasteiger partial charge in [-0.1, -0.05) is 18.2 Å². The van der Waals surface area contributed by atoms with E-state index >= 15 is 0 Å². The van der Waals surface area contributed by atoms with Gasteiger partial charge in [-0.05, 0) is 25.0 Å². The molecule has 2 aliphatic rings. The average Bonchev–Trinajstić information content (AvgIpc) is 2.94. The van der Waals surface area contributed by atoms with Gasteiger partial charge in [0.25, 0.3) is 0 Å². The molecule has 0 amide bonds. The molecular weight excluding hydrogens is 210 g/mol. The van der Waals surface area contributed by atoms with Gasteiger partial charge in [-0.3, -0.25) is 4.90 Å². The number of para-hydroxylation sites is 1. The van der Waals surface area contributed by atoms with Crippen molar-refractivity contribution in [3.05, 3.63) is 29.8 Å². The number of benzene rings is 1. The number of nitrogens with zero attached hydrogens (tertiary/aromatic N) is 1. The van der Waals surface area contributed by atoms with Gasteiger partial charge in [-0.2, -0.15) is 0 Å². The molecule has 17 heavy (non-hydrogen) atoms. The molecule has 3 nitrogen and oxygen atoms in total. The minimum atomic E-state index is 0.762. The van der Waals surface area contributed by atoms with Crippen LogP contribution in [0.4, 0.5) is 5.69 Å². The van der Waals surface area contributed by atoms with Gasteiger partial charge >= 0.3 is 0 Å². The van der Waals surface area contributed by atoms with Crippen LogP contribution in [0.1, 0.15) is 12.0 Å². The molecule has 0 aromatic heterocycles. The van der Waals surface area contributed by atoms with Gasteiger partial charge in [0.1, 0.15) is 0 Å². The maximum absolute atomic E-state index is 3.54. The Labute approximate surface area is 103 Å². The van der Waals surface area contributed by atoms with E-state index < -0.39 is 0 Å². The third-order valence-corrected chi connectivity index (χ3v) is 4.03.